The van der Waals surface area contributed by atoms with Gasteiger partial charge < -0.3 is 4.74 Å². The molecule has 1 aliphatic heterocycles. The highest BCUT2D eigenvalue weighted by Gasteiger charge is 2.23. The molecule has 2 aromatic rings. The lowest BCUT2D eigenvalue weighted by atomic mass is 10.0. The van der Waals surface area contributed by atoms with Gasteiger partial charge in [-0.25, -0.2) is 0 Å². The number of hydrogen-bond donors (Lipinski definition) is 0. The van der Waals surface area contributed by atoms with Gasteiger partial charge in [0.05, 0.1) is 0 Å². The van der Waals surface area contributed by atoms with Crippen LogP contribution in [0.4, 0.5) is 0 Å². The molecule has 2 aromatic carbocycles. The van der Waals surface area contributed by atoms with Gasteiger partial charge in [0.2, 0.25) is 0 Å². The molecule has 0 saturated heterocycles. The van der Waals surface area contributed by atoms with E-state index in [0.29, 0.717) is 5.25 Å². The average Bonchev–Trinajstić information content (AvgIpc) is 2.61. The van der Waals surface area contributed by atoms with Crippen LogP contribution in [0.25, 0.3) is 0 Å². The lowest BCUT2D eigenvalue weighted by Crippen LogP contribution is -1.99. The maximum absolute atomic E-state index is 6.17. The number of halogens is 2. The Morgan fingerprint density at radius 2 is 2.05 bits per heavy atom. The van der Waals surface area contributed by atoms with Crippen molar-refractivity contribution in [2.24, 2.45) is 0 Å². The molecule has 3 rings (SSSR count). The van der Waals surface area contributed by atoms with Crippen LogP contribution in [0.2, 0.25) is 5.02 Å². The monoisotopic (exact) mass is 368 g/mol. The number of benzene rings is 2. The van der Waals surface area contributed by atoms with Crippen molar-refractivity contribution in [2.75, 3.05) is 11.1 Å². The van der Waals surface area contributed by atoms with E-state index in [0.717, 1.165) is 34.0 Å². The molecule has 0 aromatic heterocycles. The first-order chi connectivity index (χ1) is 9.78. The Balaban J connectivity index is 2.04. The van der Waals surface area contributed by atoms with Gasteiger partial charge in [-0.1, -0.05) is 45.7 Å². The van der Waals surface area contributed by atoms with Crippen molar-refractivity contribution in [2.45, 2.75) is 11.7 Å². The number of para-hydroxylation sites is 1. The maximum atomic E-state index is 6.17. The van der Waals surface area contributed by atoms with Gasteiger partial charge in [0, 0.05) is 26.9 Å². The first kappa shape index (κ1) is 14.3. The number of alkyl halides is 1. The molecule has 1 aliphatic rings. The summed E-state index contributed by atoms with van der Waals surface area (Å²) < 4.78 is 6.08. The third-order valence-electron chi connectivity index (χ3n) is 3.31. The van der Waals surface area contributed by atoms with Gasteiger partial charge in [0.1, 0.15) is 11.5 Å². The molecule has 1 heterocycles. The van der Waals surface area contributed by atoms with Gasteiger partial charge in [-0.3, -0.25) is 0 Å². The Labute approximate surface area is 136 Å². The molecule has 0 radical (unpaired) electrons. The SMILES string of the molecule is Clc1ccc2c(c1)C(SCCBr)Cc1ccccc1O2. The minimum absolute atomic E-state index is 0.380. The molecular weight excluding hydrogens is 356 g/mol. The van der Waals surface area contributed by atoms with Crippen molar-refractivity contribution in [3.63, 3.8) is 0 Å². The molecule has 0 saturated carbocycles. The molecule has 0 bridgehead atoms. The second kappa shape index (κ2) is 6.42. The maximum Gasteiger partial charge on any atom is 0.131 e. The molecular formula is C16H14BrClOS. The van der Waals surface area contributed by atoms with Crippen LogP contribution in [0, 0.1) is 0 Å². The van der Waals surface area contributed by atoms with E-state index in [1.807, 2.05) is 42.1 Å². The zero-order chi connectivity index (χ0) is 13.9. The van der Waals surface area contributed by atoms with E-state index in [2.05, 4.69) is 28.1 Å². The van der Waals surface area contributed by atoms with E-state index in [1.165, 1.54) is 11.1 Å². The van der Waals surface area contributed by atoms with Crippen molar-refractivity contribution in [3.8, 4) is 11.5 Å². The molecule has 1 unspecified atom stereocenters. The molecule has 104 valence electrons. The Kier molecular flexibility index (Phi) is 4.59. The van der Waals surface area contributed by atoms with Crippen LogP contribution >= 0.6 is 39.3 Å². The lowest BCUT2D eigenvalue weighted by molar-refractivity contribution is 0.479. The molecule has 20 heavy (non-hydrogen) atoms. The summed E-state index contributed by atoms with van der Waals surface area (Å²) in [5, 5.41) is 2.14. The minimum Gasteiger partial charge on any atom is -0.457 e. The normalized spacial score (nSPS) is 16.8. The van der Waals surface area contributed by atoms with Gasteiger partial charge in [-0.15, -0.1) is 0 Å². The number of hydrogen-bond acceptors (Lipinski definition) is 2. The van der Waals surface area contributed by atoms with Gasteiger partial charge in [-0.05, 0) is 36.2 Å². The van der Waals surface area contributed by atoms with Crippen molar-refractivity contribution < 1.29 is 4.74 Å². The molecule has 0 spiro atoms. The van der Waals surface area contributed by atoms with Crippen LogP contribution in [-0.2, 0) is 6.42 Å². The van der Waals surface area contributed by atoms with E-state index >= 15 is 0 Å². The summed E-state index contributed by atoms with van der Waals surface area (Å²) in [6, 6.07) is 14.2. The second-order valence-electron chi connectivity index (χ2n) is 4.64. The van der Waals surface area contributed by atoms with Crippen molar-refractivity contribution in [1.82, 2.24) is 0 Å². The predicted molar refractivity (Wildman–Crippen MR) is 90.7 cm³/mol. The van der Waals surface area contributed by atoms with E-state index in [9.17, 15) is 0 Å². The zero-order valence-electron chi connectivity index (χ0n) is 10.8. The summed E-state index contributed by atoms with van der Waals surface area (Å²) in [4.78, 5) is 0. The van der Waals surface area contributed by atoms with Crippen LogP contribution in [0.3, 0.4) is 0 Å². The average molecular weight is 370 g/mol. The molecule has 0 N–H and O–H groups in total. The Hall–Kier alpha value is -0.640. The quantitative estimate of drug-likeness (QED) is 0.627. The highest BCUT2D eigenvalue weighted by atomic mass is 79.9. The fourth-order valence-electron chi connectivity index (χ4n) is 2.40. The van der Waals surface area contributed by atoms with Gasteiger partial charge in [-0.2, -0.15) is 11.8 Å². The molecule has 0 fully saturated rings. The van der Waals surface area contributed by atoms with Crippen LogP contribution in [0.1, 0.15) is 16.4 Å². The van der Waals surface area contributed by atoms with Gasteiger partial charge >= 0.3 is 0 Å². The van der Waals surface area contributed by atoms with Crippen molar-refractivity contribution in [1.29, 1.82) is 0 Å². The second-order valence-corrected chi connectivity index (χ2v) is 7.18. The molecule has 0 aliphatic carbocycles. The smallest absolute Gasteiger partial charge is 0.131 e. The van der Waals surface area contributed by atoms with E-state index < -0.39 is 0 Å². The summed E-state index contributed by atoms with van der Waals surface area (Å²) in [7, 11) is 0. The van der Waals surface area contributed by atoms with Gasteiger partial charge in [0.25, 0.3) is 0 Å². The number of fused-ring (bicyclic) bond motifs is 2. The number of rotatable bonds is 3. The third-order valence-corrected chi connectivity index (χ3v) is 5.73. The zero-order valence-corrected chi connectivity index (χ0v) is 14.0. The molecule has 4 heteroatoms. The summed E-state index contributed by atoms with van der Waals surface area (Å²) in [6.07, 6.45) is 0.973. The van der Waals surface area contributed by atoms with Crippen molar-refractivity contribution in [3.05, 3.63) is 58.6 Å². The van der Waals surface area contributed by atoms with Crippen LogP contribution < -0.4 is 4.74 Å². The Morgan fingerprint density at radius 1 is 1.20 bits per heavy atom. The minimum atomic E-state index is 0.380. The third kappa shape index (κ3) is 3.00. The Morgan fingerprint density at radius 3 is 2.90 bits per heavy atom. The van der Waals surface area contributed by atoms with Crippen LogP contribution in [0.15, 0.2) is 42.5 Å². The summed E-state index contributed by atoms with van der Waals surface area (Å²) >= 11 is 11.6. The number of ether oxygens (including phenoxy) is 1. The summed E-state index contributed by atoms with van der Waals surface area (Å²) in [6.45, 7) is 0. The molecule has 0 amide bonds. The largest absolute Gasteiger partial charge is 0.457 e. The fraction of sp³-hybridized carbons (Fsp3) is 0.250. The predicted octanol–water partition coefficient (Wildman–Crippen LogP) is 5.86. The van der Waals surface area contributed by atoms with Crippen molar-refractivity contribution >= 4 is 39.3 Å². The standard InChI is InChI=1S/C16H14BrClOS/c17-7-8-20-16-9-11-3-1-2-4-14(11)19-15-6-5-12(18)10-13(15)16/h1-6,10,16H,7-9H2. The summed E-state index contributed by atoms with van der Waals surface area (Å²) in [5.74, 6) is 2.95. The van der Waals surface area contributed by atoms with Crippen LogP contribution in [0.5, 0.6) is 11.5 Å². The first-order valence-electron chi connectivity index (χ1n) is 6.50. The highest BCUT2D eigenvalue weighted by Crippen LogP contribution is 2.45. The molecule has 1 atom stereocenters. The van der Waals surface area contributed by atoms with Crippen LogP contribution in [-0.4, -0.2) is 11.1 Å². The summed E-state index contributed by atoms with van der Waals surface area (Å²) in [5.41, 5.74) is 2.45. The molecule has 1 nitrogen and oxygen atoms in total. The number of thioether (sulfide) groups is 1. The van der Waals surface area contributed by atoms with E-state index in [-0.39, 0.29) is 0 Å². The highest BCUT2D eigenvalue weighted by molar-refractivity contribution is 9.09. The fourth-order valence-corrected chi connectivity index (χ4v) is 4.18. The van der Waals surface area contributed by atoms with E-state index in [1.54, 1.807) is 0 Å². The Bertz CT molecular complexity index is 617. The lowest BCUT2D eigenvalue weighted by Gasteiger charge is -2.16. The topological polar surface area (TPSA) is 9.23 Å². The van der Waals surface area contributed by atoms with E-state index in [4.69, 9.17) is 16.3 Å². The van der Waals surface area contributed by atoms with Gasteiger partial charge in [0.15, 0.2) is 0 Å². The first-order valence-corrected chi connectivity index (χ1v) is 9.05.